The van der Waals surface area contributed by atoms with Gasteiger partial charge in [-0.3, -0.25) is 9.48 Å². The maximum Gasteiger partial charge on any atom is 0.248 e. The summed E-state index contributed by atoms with van der Waals surface area (Å²) in [5.74, 6) is -0.193. The lowest BCUT2D eigenvalue weighted by Gasteiger charge is -2.14. The lowest BCUT2D eigenvalue weighted by molar-refractivity contribution is -0.119. The minimum Gasteiger partial charge on any atom is -0.324 e. The van der Waals surface area contributed by atoms with Gasteiger partial charge >= 0.3 is 0 Å². The number of aromatic nitrogens is 2. The Morgan fingerprint density at radius 2 is 2.00 bits per heavy atom. The summed E-state index contributed by atoms with van der Waals surface area (Å²) in [5.41, 5.74) is 2.65. The largest absolute Gasteiger partial charge is 0.324 e. The van der Waals surface area contributed by atoms with Crippen molar-refractivity contribution in [2.75, 3.05) is 5.32 Å². The van der Waals surface area contributed by atoms with Crippen molar-refractivity contribution < 1.29 is 4.79 Å². The highest BCUT2D eigenvalue weighted by atomic mass is 35.5. The number of hydrogen-bond donors (Lipinski definition) is 1. The normalized spacial score (nSPS) is 11.8. The number of carbonyl (C=O) groups is 1. The minimum atomic E-state index is -0.480. The van der Waals surface area contributed by atoms with Crippen LogP contribution >= 0.6 is 11.6 Å². The molecule has 1 unspecified atom stereocenters. The van der Waals surface area contributed by atoms with E-state index in [0.717, 1.165) is 5.69 Å². The zero-order chi connectivity index (χ0) is 15.6. The molecule has 2 rings (SSSR count). The van der Waals surface area contributed by atoms with E-state index in [9.17, 15) is 4.79 Å². The fraction of sp³-hybridized carbons (Fsp3) is 0.267. The molecule has 108 valence electrons. The molecular formula is C15H15ClN4O. The number of halogens is 1. The number of nitriles is 1. The van der Waals surface area contributed by atoms with Crippen molar-refractivity contribution in [3.8, 4) is 6.07 Å². The van der Waals surface area contributed by atoms with E-state index in [1.54, 1.807) is 42.8 Å². The second-order valence-corrected chi connectivity index (χ2v) is 5.16. The monoisotopic (exact) mass is 302 g/mol. The zero-order valence-electron chi connectivity index (χ0n) is 12.0. The van der Waals surface area contributed by atoms with E-state index in [2.05, 4.69) is 10.4 Å². The number of anilines is 1. The van der Waals surface area contributed by atoms with Crippen LogP contribution in [0, 0.1) is 25.2 Å². The van der Waals surface area contributed by atoms with Crippen LogP contribution in [0.15, 0.2) is 24.3 Å². The van der Waals surface area contributed by atoms with E-state index in [4.69, 9.17) is 16.9 Å². The summed E-state index contributed by atoms with van der Waals surface area (Å²) in [6.45, 7) is 5.39. The Balaban J connectivity index is 2.15. The molecule has 1 N–H and O–H groups in total. The summed E-state index contributed by atoms with van der Waals surface area (Å²) in [6.07, 6.45) is 0. The van der Waals surface area contributed by atoms with Gasteiger partial charge in [-0.15, -0.1) is 0 Å². The predicted octanol–water partition coefficient (Wildman–Crippen LogP) is 3.22. The zero-order valence-corrected chi connectivity index (χ0v) is 12.8. The summed E-state index contributed by atoms with van der Waals surface area (Å²) in [6, 6.07) is 8.24. The fourth-order valence-corrected chi connectivity index (χ4v) is 2.13. The molecule has 0 saturated carbocycles. The summed E-state index contributed by atoms with van der Waals surface area (Å²) >= 11 is 6.10. The quantitative estimate of drug-likeness (QED) is 0.946. The van der Waals surface area contributed by atoms with Gasteiger partial charge in [-0.25, -0.2) is 0 Å². The predicted molar refractivity (Wildman–Crippen MR) is 81.2 cm³/mol. The molecule has 0 fully saturated rings. The Labute approximate surface area is 128 Å². The number of nitrogens with one attached hydrogen (secondary N) is 1. The third-order valence-corrected chi connectivity index (χ3v) is 3.81. The number of hydrogen-bond acceptors (Lipinski definition) is 3. The molecule has 2 aromatic rings. The maximum atomic E-state index is 12.3. The third kappa shape index (κ3) is 3.06. The number of carbonyl (C=O) groups excluding carboxylic acids is 1. The van der Waals surface area contributed by atoms with Gasteiger partial charge in [0.2, 0.25) is 5.91 Å². The highest BCUT2D eigenvalue weighted by Crippen LogP contribution is 2.22. The summed E-state index contributed by atoms with van der Waals surface area (Å²) < 4.78 is 1.61. The second-order valence-electron chi connectivity index (χ2n) is 4.78. The summed E-state index contributed by atoms with van der Waals surface area (Å²) in [7, 11) is 0. The van der Waals surface area contributed by atoms with Crippen LogP contribution in [-0.2, 0) is 4.79 Å². The van der Waals surface area contributed by atoms with Crippen LogP contribution in [0.25, 0.3) is 0 Å². The van der Waals surface area contributed by atoms with Crippen LogP contribution in [0.1, 0.15) is 29.9 Å². The molecule has 1 aromatic carbocycles. The number of nitrogens with zero attached hydrogens (tertiary/aromatic N) is 3. The molecule has 1 atom stereocenters. The Morgan fingerprint density at radius 1 is 1.38 bits per heavy atom. The van der Waals surface area contributed by atoms with E-state index in [1.807, 2.05) is 13.0 Å². The van der Waals surface area contributed by atoms with Crippen LogP contribution in [0.2, 0.25) is 5.02 Å². The van der Waals surface area contributed by atoms with Gasteiger partial charge in [0, 0.05) is 5.69 Å². The van der Waals surface area contributed by atoms with Gasteiger partial charge in [0.15, 0.2) is 0 Å². The Morgan fingerprint density at radius 3 is 2.48 bits per heavy atom. The van der Waals surface area contributed by atoms with E-state index < -0.39 is 6.04 Å². The molecule has 0 aliphatic rings. The van der Waals surface area contributed by atoms with Crippen LogP contribution in [0.4, 0.5) is 5.69 Å². The minimum absolute atomic E-state index is 0.193. The summed E-state index contributed by atoms with van der Waals surface area (Å²) in [5, 5.41) is 16.4. The van der Waals surface area contributed by atoms with Crippen molar-refractivity contribution >= 4 is 23.2 Å². The van der Waals surface area contributed by atoms with E-state index in [0.29, 0.717) is 22.0 Å². The van der Waals surface area contributed by atoms with Gasteiger partial charge in [-0.2, -0.15) is 10.4 Å². The maximum absolute atomic E-state index is 12.3. The topological polar surface area (TPSA) is 70.7 Å². The SMILES string of the molecule is Cc1nn(C(C)C(=O)Nc2ccc(C#N)cc2)c(C)c1Cl. The van der Waals surface area contributed by atoms with E-state index >= 15 is 0 Å². The molecule has 21 heavy (non-hydrogen) atoms. The molecule has 0 saturated heterocycles. The van der Waals surface area contributed by atoms with Crippen LogP contribution < -0.4 is 5.32 Å². The van der Waals surface area contributed by atoms with Gasteiger partial charge in [-0.1, -0.05) is 11.6 Å². The van der Waals surface area contributed by atoms with Gasteiger partial charge in [0.1, 0.15) is 6.04 Å². The van der Waals surface area contributed by atoms with E-state index in [-0.39, 0.29) is 5.91 Å². The Hall–Kier alpha value is -2.32. The molecule has 0 radical (unpaired) electrons. The molecule has 0 spiro atoms. The van der Waals surface area contributed by atoms with Crippen LogP contribution in [-0.4, -0.2) is 15.7 Å². The van der Waals surface area contributed by atoms with Crippen molar-refractivity contribution in [1.29, 1.82) is 5.26 Å². The summed E-state index contributed by atoms with van der Waals surface area (Å²) in [4.78, 5) is 12.3. The number of aryl methyl sites for hydroxylation is 1. The molecular weight excluding hydrogens is 288 g/mol. The highest BCUT2D eigenvalue weighted by molar-refractivity contribution is 6.31. The average Bonchev–Trinajstić information content (AvgIpc) is 2.75. The van der Waals surface area contributed by atoms with Crippen molar-refractivity contribution in [3.05, 3.63) is 46.2 Å². The van der Waals surface area contributed by atoms with Crippen molar-refractivity contribution in [2.24, 2.45) is 0 Å². The van der Waals surface area contributed by atoms with Gasteiger partial charge in [0.05, 0.1) is 28.0 Å². The lowest BCUT2D eigenvalue weighted by atomic mass is 10.2. The molecule has 6 heteroatoms. The molecule has 1 heterocycles. The first-order valence-electron chi connectivity index (χ1n) is 6.46. The first kappa shape index (κ1) is 15.1. The Bertz CT molecular complexity index is 713. The highest BCUT2D eigenvalue weighted by Gasteiger charge is 2.20. The van der Waals surface area contributed by atoms with Crippen LogP contribution in [0.5, 0.6) is 0 Å². The van der Waals surface area contributed by atoms with Gasteiger partial charge < -0.3 is 5.32 Å². The lowest BCUT2D eigenvalue weighted by Crippen LogP contribution is -2.25. The Kier molecular flexibility index (Phi) is 4.29. The molecule has 1 aromatic heterocycles. The number of benzene rings is 1. The number of rotatable bonds is 3. The fourth-order valence-electron chi connectivity index (χ4n) is 2.01. The van der Waals surface area contributed by atoms with Crippen molar-refractivity contribution in [1.82, 2.24) is 9.78 Å². The van der Waals surface area contributed by atoms with Gasteiger partial charge in [0.25, 0.3) is 0 Å². The number of amides is 1. The molecule has 0 aliphatic carbocycles. The van der Waals surface area contributed by atoms with Crippen molar-refractivity contribution in [3.63, 3.8) is 0 Å². The molecule has 5 nitrogen and oxygen atoms in total. The molecule has 1 amide bonds. The van der Waals surface area contributed by atoms with E-state index in [1.165, 1.54) is 0 Å². The third-order valence-electron chi connectivity index (χ3n) is 3.26. The van der Waals surface area contributed by atoms with Crippen LogP contribution in [0.3, 0.4) is 0 Å². The smallest absolute Gasteiger partial charge is 0.248 e. The van der Waals surface area contributed by atoms with Crippen molar-refractivity contribution in [2.45, 2.75) is 26.8 Å². The van der Waals surface area contributed by atoms with Gasteiger partial charge in [-0.05, 0) is 45.0 Å². The standard InChI is InChI=1S/C15H15ClN4O/c1-9-14(16)10(2)20(19-9)11(3)15(21)18-13-6-4-12(8-17)5-7-13/h4-7,11H,1-3H3,(H,18,21). The first-order valence-corrected chi connectivity index (χ1v) is 6.84. The molecule has 0 bridgehead atoms. The average molecular weight is 303 g/mol. The first-order chi connectivity index (χ1) is 9.93. The molecule has 0 aliphatic heterocycles. The second kappa shape index (κ2) is 5.98.